The van der Waals surface area contributed by atoms with Crippen LogP contribution in [0.5, 0.6) is 0 Å². The number of rotatable bonds is 3. The molecule has 1 heterocycles. The van der Waals surface area contributed by atoms with Crippen LogP contribution in [-0.2, 0) is 5.75 Å². The summed E-state index contributed by atoms with van der Waals surface area (Å²) in [5.74, 6) is 1.57. The van der Waals surface area contributed by atoms with Gasteiger partial charge in [-0.25, -0.2) is 4.98 Å². The topological polar surface area (TPSA) is 28.7 Å². The molecule has 0 saturated carbocycles. The summed E-state index contributed by atoms with van der Waals surface area (Å²) in [5, 5.41) is 0. The van der Waals surface area contributed by atoms with Crippen molar-refractivity contribution in [2.75, 3.05) is 6.26 Å². The molecule has 1 rings (SSSR count). The van der Waals surface area contributed by atoms with Gasteiger partial charge in [-0.1, -0.05) is 13.8 Å². The normalized spacial score (nSPS) is 10.9. The second-order valence-electron chi connectivity index (χ2n) is 2.85. The molecule has 0 aliphatic heterocycles. The SMILES string of the molecule is CSCc1nc[nH]c1C(C)C. The number of nitrogens with one attached hydrogen (secondary N) is 1. The lowest BCUT2D eigenvalue weighted by Gasteiger charge is -2.03. The molecule has 0 aliphatic carbocycles. The monoisotopic (exact) mass is 170 g/mol. The third-order valence-corrected chi connectivity index (χ3v) is 2.17. The molecule has 1 N–H and O–H groups in total. The van der Waals surface area contributed by atoms with E-state index in [1.807, 2.05) is 11.8 Å². The van der Waals surface area contributed by atoms with Crippen LogP contribution < -0.4 is 0 Å². The molecule has 62 valence electrons. The Balaban J connectivity index is 2.78. The molecular weight excluding hydrogens is 156 g/mol. The van der Waals surface area contributed by atoms with Crippen molar-refractivity contribution < 1.29 is 0 Å². The fourth-order valence-corrected chi connectivity index (χ4v) is 1.59. The molecule has 0 radical (unpaired) electrons. The van der Waals surface area contributed by atoms with Crippen molar-refractivity contribution in [2.24, 2.45) is 0 Å². The first kappa shape index (κ1) is 8.65. The fraction of sp³-hybridized carbons (Fsp3) is 0.625. The van der Waals surface area contributed by atoms with Gasteiger partial charge < -0.3 is 4.98 Å². The Kier molecular flexibility index (Phi) is 3.00. The lowest BCUT2D eigenvalue weighted by atomic mass is 10.1. The van der Waals surface area contributed by atoms with Gasteiger partial charge in [-0.05, 0) is 12.2 Å². The molecule has 0 aliphatic rings. The molecule has 0 atom stereocenters. The summed E-state index contributed by atoms with van der Waals surface area (Å²) in [6.45, 7) is 4.36. The van der Waals surface area contributed by atoms with Crippen molar-refractivity contribution in [1.82, 2.24) is 9.97 Å². The summed E-state index contributed by atoms with van der Waals surface area (Å²) < 4.78 is 0. The fourth-order valence-electron chi connectivity index (χ4n) is 1.08. The minimum atomic E-state index is 0.555. The molecule has 0 aromatic carbocycles. The Hall–Kier alpha value is -0.440. The van der Waals surface area contributed by atoms with E-state index in [-0.39, 0.29) is 0 Å². The number of hydrogen-bond donors (Lipinski definition) is 1. The highest BCUT2D eigenvalue weighted by Crippen LogP contribution is 2.18. The zero-order valence-electron chi connectivity index (χ0n) is 7.22. The van der Waals surface area contributed by atoms with E-state index in [2.05, 4.69) is 30.1 Å². The lowest BCUT2D eigenvalue weighted by molar-refractivity contribution is 0.820. The van der Waals surface area contributed by atoms with Gasteiger partial charge in [-0.15, -0.1) is 0 Å². The number of imidazole rings is 1. The average Bonchev–Trinajstić information content (AvgIpc) is 2.36. The third-order valence-electron chi connectivity index (χ3n) is 1.61. The smallest absolute Gasteiger partial charge is 0.0925 e. The first-order chi connectivity index (χ1) is 5.25. The number of H-pyrrole nitrogens is 1. The van der Waals surface area contributed by atoms with E-state index >= 15 is 0 Å². The molecule has 0 spiro atoms. The number of aromatic amines is 1. The Morgan fingerprint density at radius 3 is 2.91 bits per heavy atom. The van der Waals surface area contributed by atoms with Gasteiger partial charge in [0.05, 0.1) is 12.0 Å². The Bertz CT molecular complexity index is 218. The maximum absolute atomic E-state index is 4.25. The molecule has 1 aromatic heterocycles. The predicted molar refractivity (Wildman–Crippen MR) is 49.9 cm³/mol. The van der Waals surface area contributed by atoms with Gasteiger partial charge in [0.1, 0.15) is 0 Å². The second kappa shape index (κ2) is 3.81. The third kappa shape index (κ3) is 1.99. The summed E-state index contributed by atoms with van der Waals surface area (Å²) in [6.07, 6.45) is 3.87. The summed E-state index contributed by atoms with van der Waals surface area (Å²) in [5.41, 5.74) is 2.48. The molecule has 0 amide bonds. The van der Waals surface area contributed by atoms with Crippen LogP contribution in [-0.4, -0.2) is 16.2 Å². The predicted octanol–water partition coefficient (Wildman–Crippen LogP) is 2.40. The van der Waals surface area contributed by atoms with E-state index in [1.54, 1.807) is 6.33 Å². The van der Waals surface area contributed by atoms with E-state index < -0.39 is 0 Å². The molecule has 1 aromatic rings. The number of thioether (sulfide) groups is 1. The van der Waals surface area contributed by atoms with Crippen LogP contribution in [0.3, 0.4) is 0 Å². The minimum Gasteiger partial charge on any atom is -0.348 e. The highest BCUT2D eigenvalue weighted by atomic mass is 32.2. The van der Waals surface area contributed by atoms with Crippen LogP contribution >= 0.6 is 11.8 Å². The molecule has 2 nitrogen and oxygen atoms in total. The van der Waals surface area contributed by atoms with Gasteiger partial charge in [0.15, 0.2) is 0 Å². The van der Waals surface area contributed by atoms with Crippen LogP contribution in [0.4, 0.5) is 0 Å². The highest BCUT2D eigenvalue weighted by Gasteiger charge is 2.07. The van der Waals surface area contributed by atoms with Gasteiger partial charge in [0, 0.05) is 11.4 Å². The van der Waals surface area contributed by atoms with Crippen molar-refractivity contribution in [3.05, 3.63) is 17.7 Å². The van der Waals surface area contributed by atoms with Crippen LogP contribution in [0.1, 0.15) is 31.2 Å². The lowest BCUT2D eigenvalue weighted by Crippen LogP contribution is -1.93. The number of nitrogens with zero attached hydrogens (tertiary/aromatic N) is 1. The minimum absolute atomic E-state index is 0.555. The van der Waals surface area contributed by atoms with Gasteiger partial charge in [-0.3, -0.25) is 0 Å². The summed E-state index contributed by atoms with van der Waals surface area (Å²) in [7, 11) is 0. The van der Waals surface area contributed by atoms with Gasteiger partial charge in [0.25, 0.3) is 0 Å². The maximum Gasteiger partial charge on any atom is 0.0925 e. The van der Waals surface area contributed by atoms with Crippen molar-refractivity contribution in [1.29, 1.82) is 0 Å². The van der Waals surface area contributed by atoms with Gasteiger partial charge in [-0.2, -0.15) is 11.8 Å². The standard InChI is InChI=1S/C8H14N2S/c1-6(2)8-7(4-11-3)9-5-10-8/h5-6H,4H2,1-3H3,(H,9,10). The quantitative estimate of drug-likeness (QED) is 0.754. The molecule has 3 heteroatoms. The van der Waals surface area contributed by atoms with Crippen molar-refractivity contribution >= 4 is 11.8 Å². The largest absolute Gasteiger partial charge is 0.348 e. The number of aromatic nitrogens is 2. The van der Waals surface area contributed by atoms with Crippen molar-refractivity contribution in [3.8, 4) is 0 Å². The van der Waals surface area contributed by atoms with Crippen LogP contribution in [0.2, 0.25) is 0 Å². The van der Waals surface area contributed by atoms with Crippen LogP contribution in [0, 0.1) is 0 Å². The first-order valence-electron chi connectivity index (χ1n) is 3.76. The van der Waals surface area contributed by atoms with Crippen LogP contribution in [0.25, 0.3) is 0 Å². The van der Waals surface area contributed by atoms with Crippen molar-refractivity contribution in [3.63, 3.8) is 0 Å². The zero-order valence-corrected chi connectivity index (χ0v) is 8.03. The summed E-state index contributed by atoms with van der Waals surface area (Å²) in [4.78, 5) is 7.42. The van der Waals surface area contributed by atoms with Crippen LogP contribution in [0.15, 0.2) is 6.33 Å². The zero-order chi connectivity index (χ0) is 8.27. The van der Waals surface area contributed by atoms with E-state index in [1.165, 1.54) is 11.4 Å². The number of hydrogen-bond acceptors (Lipinski definition) is 2. The molecule has 11 heavy (non-hydrogen) atoms. The second-order valence-corrected chi connectivity index (χ2v) is 3.72. The maximum atomic E-state index is 4.25. The van der Waals surface area contributed by atoms with Gasteiger partial charge >= 0.3 is 0 Å². The average molecular weight is 170 g/mol. The molecule has 0 fully saturated rings. The van der Waals surface area contributed by atoms with E-state index in [0.717, 1.165) is 5.75 Å². The van der Waals surface area contributed by atoms with Crippen molar-refractivity contribution in [2.45, 2.75) is 25.5 Å². The van der Waals surface area contributed by atoms with E-state index in [9.17, 15) is 0 Å². The van der Waals surface area contributed by atoms with Gasteiger partial charge in [0.2, 0.25) is 0 Å². The Morgan fingerprint density at radius 2 is 2.36 bits per heavy atom. The highest BCUT2D eigenvalue weighted by molar-refractivity contribution is 7.97. The summed E-state index contributed by atoms with van der Waals surface area (Å²) in [6, 6.07) is 0. The molecule has 0 unspecified atom stereocenters. The molecular formula is C8H14N2S. The molecule has 0 bridgehead atoms. The Morgan fingerprint density at radius 1 is 1.64 bits per heavy atom. The first-order valence-corrected chi connectivity index (χ1v) is 5.16. The summed E-state index contributed by atoms with van der Waals surface area (Å²) >= 11 is 1.81. The molecule has 0 saturated heterocycles. The Labute approximate surface area is 71.8 Å². The van der Waals surface area contributed by atoms with E-state index in [0.29, 0.717) is 5.92 Å². The van der Waals surface area contributed by atoms with E-state index in [4.69, 9.17) is 0 Å².